The van der Waals surface area contributed by atoms with E-state index in [4.69, 9.17) is 29.2 Å². The fourth-order valence-electron chi connectivity index (χ4n) is 4.83. The highest BCUT2D eigenvalue weighted by molar-refractivity contribution is 6.05. The number of nitrogens with zero attached hydrogens (tertiary/aromatic N) is 6. The molecule has 5 rings (SSSR count). The molecule has 0 bridgehead atoms. The normalized spacial score (nSPS) is 22.7. The lowest BCUT2D eigenvalue weighted by Gasteiger charge is -2.37. The Labute approximate surface area is 199 Å². The number of pyridine rings is 1. The van der Waals surface area contributed by atoms with Gasteiger partial charge in [0.05, 0.1) is 33.0 Å². The molecule has 0 N–H and O–H groups in total. The first-order chi connectivity index (χ1) is 16.7. The third-order valence-corrected chi connectivity index (χ3v) is 6.48. The number of ether oxygens (including phenoxy) is 3. The Morgan fingerprint density at radius 2 is 1.68 bits per heavy atom. The molecule has 5 heterocycles. The SMILES string of the molecule is CCOC(=O)C1C(C)=Nc2nc(N3CCOCC3)nc(N3CCOCC3)c2C1c1ccncc1. The second-order valence-electron chi connectivity index (χ2n) is 8.52. The zero-order chi connectivity index (χ0) is 23.5. The summed E-state index contributed by atoms with van der Waals surface area (Å²) in [5.74, 6) is 0.878. The van der Waals surface area contributed by atoms with E-state index in [1.165, 1.54) is 0 Å². The van der Waals surface area contributed by atoms with E-state index < -0.39 is 5.92 Å². The number of carbonyl (C=O) groups excluding carboxylic acids is 1. The molecule has 3 aliphatic rings. The van der Waals surface area contributed by atoms with Gasteiger partial charge in [0.1, 0.15) is 11.7 Å². The molecule has 2 unspecified atom stereocenters. The van der Waals surface area contributed by atoms with Gasteiger partial charge in [0, 0.05) is 55.8 Å². The first-order valence-electron chi connectivity index (χ1n) is 11.9. The average molecular weight is 467 g/mol. The zero-order valence-electron chi connectivity index (χ0n) is 19.6. The van der Waals surface area contributed by atoms with Crippen LogP contribution in [-0.4, -0.2) is 85.8 Å². The number of hydrogen-bond acceptors (Lipinski definition) is 10. The molecule has 0 amide bonds. The molecule has 2 saturated heterocycles. The van der Waals surface area contributed by atoms with Crippen LogP contribution in [0.3, 0.4) is 0 Å². The van der Waals surface area contributed by atoms with Gasteiger partial charge in [-0.05, 0) is 31.5 Å². The van der Waals surface area contributed by atoms with Gasteiger partial charge in [-0.15, -0.1) is 0 Å². The molecule has 2 aromatic rings. The van der Waals surface area contributed by atoms with Crippen LogP contribution in [-0.2, 0) is 19.0 Å². The number of morpholine rings is 2. The monoisotopic (exact) mass is 466 g/mol. The first-order valence-corrected chi connectivity index (χ1v) is 11.9. The van der Waals surface area contributed by atoms with Gasteiger partial charge < -0.3 is 24.0 Å². The van der Waals surface area contributed by atoms with Crippen molar-refractivity contribution in [2.24, 2.45) is 10.9 Å². The number of anilines is 2. The Morgan fingerprint density at radius 1 is 1.03 bits per heavy atom. The second-order valence-corrected chi connectivity index (χ2v) is 8.52. The van der Waals surface area contributed by atoms with Crippen LogP contribution >= 0.6 is 0 Å². The molecule has 2 fully saturated rings. The smallest absolute Gasteiger partial charge is 0.315 e. The van der Waals surface area contributed by atoms with E-state index in [0.29, 0.717) is 63.6 Å². The lowest BCUT2D eigenvalue weighted by molar-refractivity contribution is -0.146. The van der Waals surface area contributed by atoms with Crippen molar-refractivity contribution in [1.29, 1.82) is 0 Å². The topological polar surface area (TPSA) is 102 Å². The summed E-state index contributed by atoms with van der Waals surface area (Å²) < 4.78 is 16.6. The summed E-state index contributed by atoms with van der Waals surface area (Å²) >= 11 is 0. The van der Waals surface area contributed by atoms with E-state index >= 15 is 0 Å². The quantitative estimate of drug-likeness (QED) is 0.612. The molecule has 0 spiro atoms. The van der Waals surface area contributed by atoms with Crippen molar-refractivity contribution >= 4 is 29.3 Å². The number of hydrogen-bond donors (Lipinski definition) is 0. The van der Waals surface area contributed by atoms with Crippen LogP contribution in [0.4, 0.5) is 17.6 Å². The highest BCUT2D eigenvalue weighted by atomic mass is 16.5. The summed E-state index contributed by atoms with van der Waals surface area (Å²) in [5.41, 5.74) is 2.50. The average Bonchev–Trinajstić information content (AvgIpc) is 2.89. The van der Waals surface area contributed by atoms with Gasteiger partial charge in [-0.3, -0.25) is 9.78 Å². The molecule has 2 atom stereocenters. The van der Waals surface area contributed by atoms with Crippen LogP contribution in [0.15, 0.2) is 29.5 Å². The highest BCUT2D eigenvalue weighted by Crippen LogP contribution is 2.46. The van der Waals surface area contributed by atoms with Crippen LogP contribution in [0.5, 0.6) is 0 Å². The van der Waals surface area contributed by atoms with Gasteiger partial charge in [0.15, 0.2) is 5.82 Å². The maximum Gasteiger partial charge on any atom is 0.315 e. The third kappa shape index (κ3) is 4.35. The maximum atomic E-state index is 13.2. The van der Waals surface area contributed by atoms with Crippen molar-refractivity contribution < 1.29 is 19.0 Å². The molecular formula is C24H30N6O4. The van der Waals surface area contributed by atoms with Gasteiger partial charge in [-0.1, -0.05) is 0 Å². The van der Waals surface area contributed by atoms with E-state index in [1.54, 1.807) is 12.4 Å². The fourth-order valence-corrected chi connectivity index (χ4v) is 4.83. The summed E-state index contributed by atoms with van der Waals surface area (Å²) in [6.45, 7) is 9.39. The first kappa shape index (κ1) is 22.7. The molecule has 34 heavy (non-hydrogen) atoms. The standard InChI is InChI=1S/C24H30N6O4/c1-3-34-23(31)18-16(2)26-21-20(19(18)17-4-6-25-7-5-17)22(29-8-12-32-13-9-29)28-24(27-21)30-10-14-33-15-11-30/h4-7,18-19H,3,8-15H2,1-2H3. The molecule has 2 aromatic heterocycles. The van der Waals surface area contributed by atoms with Crippen molar-refractivity contribution in [2.75, 3.05) is 69.0 Å². The second kappa shape index (κ2) is 10.0. The number of carbonyl (C=O) groups is 1. The summed E-state index contributed by atoms with van der Waals surface area (Å²) in [6, 6.07) is 3.89. The molecular weight excluding hydrogens is 436 g/mol. The van der Waals surface area contributed by atoms with Gasteiger partial charge in [0.25, 0.3) is 0 Å². The number of aromatic nitrogens is 3. The van der Waals surface area contributed by atoms with E-state index in [0.717, 1.165) is 30.0 Å². The predicted molar refractivity (Wildman–Crippen MR) is 127 cm³/mol. The third-order valence-electron chi connectivity index (χ3n) is 6.48. The Hall–Kier alpha value is -3.11. The highest BCUT2D eigenvalue weighted by Gasteiger charge is 2.42. The Morgan fingerprint density at radius 3 is 2.32 bits per heavy atom. The number of fused-ring (bicyclic) bond motifs is 1. The molecule has 180 valence electrons. The molecule has 3 aliphatic heterocycles. The summed E-state index contributed by atoms with van der Waals surface area (Å²) in [5, 5.41) is 0. The largest absolute Gasteiger partial charge is 0.465 e. The lowest BCUT2D eigenvalue weighted by atomic mass is 9.77. The van der Waals surface area contributed by atoms with Crippen molar-refractivity contribution in [1.82, 2.24) is 15.0 Å². The van der Waals surface area contributed by atoms with Crippen molar-refractivity contribution in [3.8, 4) is 0 Å². The predicted octanol–water partition coefficient (Wildman–Crippen LogP) is 1.96. The number of aliphatic imine (C=N–C) groups is 1. The molecule has 10 heteroatoms. The van der Waals surface area contributed by atoms with Crippen LogP contribution < -0.4 is 9.80 Å². The molecule has 0 aliphatic carbocycles. The van der Waals surface area contributed by atoms with Gasteiger partial charge in [0.2, 0.25) is 5.95 Å². The van der Waals surface area contributed by atoms with E-state index in [1.807, 2.05) is 26.0 Å². The minimum absolute atomic E-state index is 0.290. The van der Waals surface area contributed by atoms with Gasteiger partial charge in [-0.2, -0.15) is 9.97 Å². The summed E-state index contributed by atoms with van der Waals surface area (Å²) in [6.07, 6.45) is 3.49. The Bertz CT molecular complexity index is 1050. The van der Waals surface area contributed by atoms with Crippen LogP contribution in [0.1, 0.15) is 30.9 Å². The van der Waals surface area contributed by atoms with E-state index in [9.17, 15) is 4.79 Å². The summed E-state index contributed by atoms with van der Waals surface area (Å²) in [7, 11) is 0. The van der Waals surface area contributed by atoms with Crippen LogP contribution in [0.25, 0.3) is 0 Å². The number of esters is 1. The zero-order valence-corrected chi connectivity index (χ0v) is 19.6. The van der Waals surface area contributed by atoms with E-state index in [2.05, 4.69) is 14.8 Å². The molecule has 10 nitrogen and oxygen atoms in total. The minimum atomic E-state index is -0.563. The maximum absolute atomic E-state index is 13.2. The fraction of sp³-hybridized carbons (Fsp3) is 0.542. The van der Waals surface area contributed by atoms with Gasteiger partial charge in [-0.25, -0.2) is 4.99 Å². The van der Waals surface area contributed by atoms with Crippen molar-refractivity contribution in [3.05, 3.63) is 35.7 Å². The number of rotatable bonds is 5. The minimum Gasteiger partial charge on any atom is -0.465 e. The van der Waals surface area contributed by atoms with Crippen molar-refractivity contribution in [3.63, 3.8) is 0 Å². The van der Waals surface area contributed by atoms with Crippen LogP contribution in [0.2, 0.25) is 0 Å². The Balaban J connectivity index is 1.70. The van der Waals surface area contributed by atoms with Gasteiger partial charge >= 0.3 is 5.97 Å². The van der Waals surface area contributed by atoms with Crippen LogP contribution in [0, 0.1) is 5.92 Å². The van der Waals surface area contributed by atoms with E-state index in [-0.39, 0.29) is 11.9 Å². The van der Waals surface area contributed by atoms with Crippen molar-refractivity contribution in [2.45, 2.75) is 19.8 Å². The molecule has 0 aromatic carbocycles. The Kier molecular flexibility index (Phi) is 6.68. The molecule has 0 radical (unpaired) electrons. The summed E-state index contributed by atoms with van der Waals surface area (Å²) in [4.78, 5) is 36.6. The lowest BCUT2D eigenvalue weighted by Crippen LogP contribution is -2.41. The molecule has 0 saturated carbocycles.